The van der Waals surface area contributed by atoms with Gasteiger partial charge in [-0.1, -0.05) is 19.1 Å². The van der Waals surface area contributed by atoms with Gasteiger partial charge in [0.15, 0.2) is 0 Å². The molecule has 1 aliphatic rings. The van der Waals surface area contributed by atoms with E-state index in [1.807, 2.05) is 17.9 Å². The molecular weight excluding hydrogens is 271 g/mol. The summed E-state index contributed by atoms with van der Waals surface area (Å²) >= 11 is 0. The summed E-state index contributed by atoms with van der Waals surface area (Å²) < 4.78 is 18.4. The van der Waals surface area contributed by atoms with Crippen LogP contribution < -0.4 is 0 Å². The minimum atomic E-state index is -0.334. The number of rotatable bonds is 5. The van der Waals surface area contributed by atoms with Gasteiger partial charge in [0.2, 0.25) is 0 Å². The Labute approximate surface area is 125 Å². The summed E-state index contributed by atoms with van der Waals surface area (Å²) in [6, 6.07) is 6.68. The van der Waals surface area contributed by atoms with Crippen molar-refractivity contribution in [2.24, 2.45) is 0 Å². The summed E-state index contributed by atoms with van der Waals surface area (Å²) in [5.74, 6) is -0.127. The van der Waals surface area contributed by atoms with E-state index >= 15 is 0 Å². The zero-order chi connectivity index (χ0) is 15.2. The van der Waals surface area contributed by atoms with Crippen LogP contribution in [0.15, 0.2) is 24.3 Å². The Kier molecular flexibility index (Phi) is 5.70. The van der Waals surface area contributed by atoms with Crippen LogP contribution in [0, 0.1) is 5.82 Å². The molecule has 0 radical (unpaired) electrons. The van der Waals surface area contributed by atoms with Crippen molar-refractivity contribution in [1.82, 2.24) is 9.80 Å². The van der Waals surface area contributed by atoms with Gasteiger partial charge in [-0.2, -0.15) is 0 Å². The molecule has 21 heavy (non-hydrogen) atoms. The van der Waals surface area contributed by atoms with Crippen LogP contribution in [-0.2, 0) is 16.1 Å². The molecule has 1 aromatic rings. The Morgan fingerprint density at radius 3 is 2.62 bits per heavy atom. The summed E-state index contributed by atoms with van der Waals surface area (Å²) in [6.45, 7) is 5.69. The highest BCUT2D eigenvalue weighted by Gasteiger charge is 2.26. The number of carbonyl (C=O) groups is 1. The molecule has 5 heteroatoms. The smallest absolute Gasteiger partial charge is 0.251 e. The monoisotopic (exact) mass is 294 g/mol. The summed E-state index contributed by atoms with van der Waals surface area (Å²) in [5, 5.41) is 0. The lowest BCUT2D eigenvalue weighted by Crippen LogP contribution is -2.51. The zero-order valence-corrected chi connectivity index (χ0v) is 12.7. The molecule has 2 rings (SSSR count). The lowest BCUT2D eigenvalue weighted by atomic mass is 10.1. The van der Waals surface area contributed by atoms with E-state index in [9.17, 15) is 9.18 Å². The van der Waals surface area contributed by atoms with Crippen molar-refractivity contribution in [2.45, 2.75) is 26.0 Å². The standard InChI is InChI=1S/C16H23FN2O2/c1-3-15(21-2)16(20)19-9-7-18(8-10-19)12-13-5-4-6-14(17)11-13/h4-6,11,15H,3,7-10,12H2,1-2H3. The number of hydrogen-bond acceptors (Lipinski definition) is 3. The fourth-order valence-electron chi connectivity index (χ4n) is 2.67. The normalized spacial score (nSPS) is 17.8. The number of amides is 1. The molecule has 1 atom stereocenters. The van der Waals surface area contributed by atoms with E-state index in [2.05, 4.69) is 4.90 Å². The van der Waals surface area contributed by atoms with Gasteiger partial charge in [-0.05, 0) is 24.1 Å². The molecule has 4 nitrogen and oxygen atoms in total. The Morgan fingerprint density at radius 2 is 2.05 bits per heavy atom. The molecule has 1 heterocycles. The minimum absolute atomic E-state index is 0.0744. The van der Waals surface area contributed by atoms with E-state index in [4.69, 9.17) is 4.74 Å². The fraction of sp³-hybridized carbons (Fsp3) is 0.562. The lowest BCUT2D eigenvalue weighted by molar-refractivity contribution is -0.144. The van der Waals surface area contributed by atoms with Crippen molar-refractivity contribution in [3.05, 3.63) is 35.6 Å². The van der Waals surface area contributed by atoms with Crippen molar-refractivity contribution < 1.29 is 13.9 Å². The topological polar surface area (TPSA) is 32.8 Å². The number of methoxy groups -OCH3 is 1. The van der Waals surface area contributed by atoms with Gasteiger partial charge in [-0.3, -0.25) is 9.69 Å². The van der Waals surface area contributed by atoms with Gasteiger partial charge in [0.1, 0.15) is 11.9 Å². The number of halogens is 1. The highest BCUT2D eigenvalue weighted by molar-refractivity contribution is 5.81. The predicted octanol–water partition coefficient (Wildman–Crippen LogP) is 1.89. The third kappa shape index (κ3) is 4.25. The van der Waals surface area contributed by atoms with Crippen LogP contribution in [0.2, 0.25) is 0 Å². The fourth-order valence-corrected chi connectivity index (χ4v) is 2.67. The summed E-state index contributed by atoms with van der Waals surface area (Å²) in [7, 11) is 1.58. The average Bonchev–Trinajstić information content (AvgIpc) is 2.49. The van der Waals surface area contributed by atoms with Gasteiger partial charge >= 0.3 is 0 Å². The Morgan fingerprint density at radius 1 is 1.33 bits per heavy atom. The summed E-state index contributed by atoms with van der Waals surface area (Å²) in [6.07, 6.45) is 0.360. The molecule has 1 unspecified atom stereocenters. The van der Waals surface area contributed by atoms with Gasteiger partial charge < -0.3 is 9.64 Å². The maximum atomic E-state index is 13.2. The van der Waals surface area contributed by atoms with Crippen molar-refractivity contribution in [2.75, 3.05) is 33.3 Å². The van der Waals surface area contributed by atoms with Gasteiger partial charge in [0.05, 0.1) is 0 Å². The number of benzene rings is 1. The first-order valence-corrected chi connectivity index (χ1v) is 7.42. The summed E-state index contributed by atoms with van der Waals surface area (Å²) in [4.78, 5) is 16.3. The summed E-state index contributed by atoms with van der Waals surface area (Å²) in [5.41, 5.74) is 0.970. The first kappa shape index (κ1) is 15.9. The van der Waals surface area contributed by atoms with Crippen molar-refractivity contribution in [1.29, 1.82) is 0 Å². The molecule has 0 N–H and O–H groups in total. The number of piperazine rings is 1. The van der Waals surface area contributed by atoms with Gasteiger partial charge in [0.25, 0.3) is 5.91 Å². The largest absolute Gasteiger partial charge is 0.372 e. The number of ether oxygens (including phenoxy) is 1. The lowest BCUT2D eigenvalue weighted by Gasteiger charge is -2.36. The Bertz CT molecular complexity index is 469. The molecule has 1 aromatic carbocycles. The first-order chi connectivity index (χ1) is 10.1. The first-order valence-electron chi connectivity index (χ1n) is 7.42. The average molecular weight is 294 g/mol. The second-order valence-corrected chi connectivity index (χ2v) is 5.36. The van der Waals surface area contributed by atoms with E-state index in [-0.39, 0.29) is 17.8 Å². The molecule has 0 saturated carbocycles. The Balaban J connectivity index is 1.84. The SMILES string of the molecule is CCC(OC)C(=O)N1CCN(Cc2cccc(F)c2)CC1. The van der Waals surface area contributed by atoms with Crippen LogP contribution in [0.3, 0.4) is 0 Å². The second kappa shape index (κ2) is 7.52. The van der Waals surface area contributed by atoms with Gasteiger partial charge in [-0.15, -0.1) is 0 Å². The third-order valence-electron chi connectivity index (χ3n) is 3.91. The maximum absolute atomic E-state index is 13.2. The van der Waals surface area contributed by atoms with Crippen molar-refractivity contribution >= 4 is 5.91 Å². The molecule has 0 bridgehead atoms. The molecule has 1 fully saturated rings. The van der Waals surface area contributed by atoms with Crippen LogP contribution in [0.4, 0.5) is 4.39 Å². The molecule has 1 aliphatic heterocycles. The highest BCUT2D eigenvalue weighted by Crippen LogP contribution is 2.12. The molecule has 1 saturated heterocycles. The second-order valence-electron chi connectivity index (χ2n) is 5.36. The molecule has 116 valence electrons. The van der Waals surface area contributed by atoms with E-state index < -0.39 is 0 Å². The quantitative estimate of drug-likeness (QED) is 0.831. The van der Waals surface area contributed by atoms with Crippen LogP contribution in [-0.4, -0.2) is 55.1 Å². The third-order valence-corrected chi connectivity index (χ3v) is 3.91. The van der Waals surface area contributed by atoms with E-state index in [0.717, 1.165) is 25.2 Å². The minimum Gasteiger partial charge on any atom is -0.372 e. The van der Waals surface area contributed by atoms with Crippen LogP contribution in [0.25, 0.3) is 0 Å². The molecule has 0 aromatic heterocycles. The van der Waals surface area contributed by atoms with Crippen LogP contribution >= 0.6 is 0 Å². The molecule has 0 aliphatic carbocycles. The maximum Gasteiger partial charge on any atom is 0.251 e. The Hall–Kier alpha value is -1.46. The van der Waals surface area contributed by atoms with E-state index in [1.54, 1.807) is 19.2 Å². The van der Waals surface area contributed by atoms with E-state index in [1.165, 1.54) is 6.07 Å². The van der Waals surface area contributed by atoms with Gasteiger partial charge in [0, 0.05) is 39.8 Å². The predicted molar refractivity (Wildman–Crippen MR) is 79.3 cm³/mol. The molecule has 0 spiro atoms. The van der Waals surface area contributed by atoms with Crippen LogP contribution in [0.5, 0.6) is 0 Å². The van der Waals surface area contributed by atoms with Crippen molar-refractivity contribution in [3.8, 4) is 0 Å². The number of hydrogen-bond donors (Lipinski definition) is 0. The van der Waals surface area contributed by atoms with E-state index in [0.29, 0.717) is 19.5 Å². The van der Waals surface area contributed by atoms with Crippen molar-refractivity contribution in [3.63, 3.8) is 0 Å². The zero-order valence-electron chi connectivity index (χ0n) is 12.7. The highest BCUT2D eigenvalue weighted by atomic mass is 19.1. The van der Waals surface area contributed by atoms with Crippen LogP contribution in [0.1, 0.15) is 18.9 Å². The molecule has 1 amide bonds. The van der Waals surface area contributed by atoms with Gasteiger partial charge in [-0.25, -0.2) is 4.39 Å². The number of carbonyl (C=O) groups excluding carboxylic acids is 1. The number of nitrogens with zero attached hydrogens (tertiary/aromatic N) is 2. The molecular formula is C16H23FN2O2.